The van der Waals surface area contributed by atoms with Gasteiger partial charge in [0.05, 0.1) is 6.10 Å². The maximum absolute atomic E-state index is 12.2. The first-order valence-corrected chi connectivity index (χ1v) is 8.91. The van der Waals surface area contributed by atoms with Crippen molar-refractivity contribution in [1.29, 1.82) is 0 Å². The van der Waals surface area contributed by atoms with E-state index in [1.165, 1.54) is 0 Å². The van der Waals surface area contributed by atoms with Crippen molar-refractivity contribution < 1.29 is 14.3 Å². The average molecular weight is 353 g/mol. The summed E-state index contributed by atoms with van der Waals surface area (Å²) in [6.45, 7) is 4.63. The number of halogens is 1. The molecule has 0 radical (unpaired) electrons. The van der Waals surface area contributed by atoms with Crippen molar-refractivity contribution in [2.45, 2.75) is 38.7 Å². The third-order valence-electron chi connectivity index (χ3n) is 4.09. The summed E-state index contributed by atoms with van der Waals surface area (Å²) in [6, 6.07) is 6.74. The highest BCUT2D eigenvalue weighted by molar-refractivity contribution is 6.30. The Kier molecular flexibility index (Phi) is 7.53. The number of likely N-dealkylation sites (tertiary alicyclic amines) is 1. The highest BCUT2D eigenvalue weighted by atomic mass is 35.5. The van der Waals surface area contributed by atoms with Crippen LogP contribution in [0.4, 0.5) is 0 Å². The van der Waals surface area contributed by atoms with E-state index in [0.29, 0.717) is 43.1 Å². The molecule has 6 heteroatoms. The van der Waals surface area contributed by atoms with E-state index in [2.05, 4.69) is 5.32 Å². The molecule has 1 N–H and O–H groups in total. The molecule has 1 fully saturated rings. The molecule has 0 spiro atoms. The highest BCUT2D eigenvalue weighted by Crippen LogP contribution is 2.14. The topological polar surface area (TPSA) is 58.6 Å². The molecule has 1 aromatic rings. The molecule has 0 bridgehead atoms. The Balaban J connectivity index is 1.67. The second kappa shape index (κ2) is 9.64. The molecule has 0 aliphatic carbocycles. The van der Waals surface area contributed by atoms with E-state index < -0.39 is 0 Å². The SMILES string of the molecule is CCOC1CCCN(C(=O)CCCNC(=O)c2ccc(Cl)cc2)C1. The minimum atomic E-state index is -0.145. The Hall–Kier alpha value is -1.59. The van der Waals surface area contributed by atoms with Crippen molar-refractivity contribution in [2.75, 3.05) is 26.2 Å². The van der Waals surface area contributed by atoms with E-state index in [4.69, 9.17) is 16.3 Å². The minimum absolute atomic E-state index is 0.139. The van der Waals surface area contributed by atoms with E-state index >= 15 is 0 Å². The maximum atomic E-state index is 12.2. The smallest absolute Gasteiger partial charge is 0.251 e. The molecule has 0 aromatic heterocycles. The molecule has 1 atom stereocenters. The zero-order chi connectivity index (χ0) is 17.4. The number of amides is 2. The second-order valence-electron chi connectivity index (χ2n) is 5.93. The number of benzene rings is 1. The zero-order valence-corrected chi connectivity index (χ0v) is 14.8. The molecular weight excluding hydrogens is 328 g/mol. The summed E-state index contributed by atoms with van der Waals surface area (Å²) < 4.78 is 5.62. The largest absolute Gasteiger partial charge is 0.377 e. The minimum Gasteiger partial charge on any atom is -0.377 e. The van der Waals surface area contributed by atoms with Crippen LogP contribution in [-0.2, 0) is 9.53 Å². The van der Waals surface area contributed by atoms with Crippen molar-refractivity contribution in [3.8, 4) is 0 Å². The lowest BCUT2D eigenvalue weighted by Gasteiger charge is -2.32. The fourth-order valence-electron chi connectivity index (χ4n) is 2.84. The van der Waals surface area contributed by atoms with Crippen LogP contribution in [0.15, 0.2) is 24.3 Å². The van der Waals surface area contributed by atoms with Crippen molar-refractivity contribution in [3.05, 3.63) is 34.9 Å². The normalized spacial score (nSPS) is 17.6. The number of hydrogen-bond donors (Lipinski definition) is 1. The molecule has 1 aliphatic heterocycles. The van der Waals surface area contributed by atoms with Gasteiger partial charge in [-0.3, -0.25) is 9.59 Å². The number of carbonyl (C=O) groups is 2. The Morgan fingerprint density at radius 2 is 2.08 bits per heavy atom. The summed E-state index contributed by atoms with van der Waals surface area (Å²) in [5, 5.41) is 3.43. The molecule has 5 nitrogen and oxygen atoms in total. The van der Waals surface area contributed by atoms with E-state index in [0.717, 1.165) is 19.4 Å². The summed E-state index contributed by atoms with van der Waals surface area (Å²) in [6.07, 6.45) is 3.25. The first-order chi connectivity index (χ1) is 11.6. The molecule has 0 saturated carbocycles. The van der Waals surface area contributed by atoms with Gasteiger partial charge in [-0.2, -0.15) is 0 Å². The number of nitrogens with one attached hydrogen (secondary N) is 1. The number of ether oxygens (including phenoxy) is 1. The Bertz CT molecular complexity index is 546. The van der Waals surface area contributed by atoms with Crippen LogP contribution in [0.3, 0.4) is 0 Å². The predicted octanol–water partition coefficient (Wildman–Crippen LogP) is 2.88. The van der Waals surface area contributed by atoms with Crippen molar-refractivity contribution >= 4 is 23.4 Å². The van der Waals surface area contributed by atoms with E-state index in [1.807, 2.05) is 11.8 Å². The van der Waals surface area contributed by atoms with Gasteiger partial charge in [0, 0.05) is 43.2 Å². The maximum Gasteiger partial charge on any atom is 0.251 e. The average Bonchev–Trinajstić information content (AvgIpc) is 2.59. The van der Waals surface area contributed by atoms with Gasteiger partial charge in [0.15, 0.2) is 0 Å². The van der Waals surface area contributed by atoms with E-state index in [9.17, 15) is 9.59 Å². The van der Waals surface area contributed by atoms with Crippen molar-refractivity contribution in [1.82, 2.24) is 10.2 Å². The molecule has 24 heavy (non-hydrogen) atoms. The first kappa shape index (κ1) is 18.7. The van der Waals surface area contributed by atoms with Gasteiger partial charge in [0.2, 0.25) is 5.91 Å². The molecule has 1 unspecified atom stereocenters. The predicted molar refractivity (Wildman–Crippen MR) is 94.2 cm³/mol. The first-order valence-electron chi connectivity index (χ1n) is 8.53. The van der Waals surface area contributed by atoms with Crippen LogP contribution in [0, 0.1) is 0 Å². The van der Waals surface area contributed by atoms with Crippen LogP contribution in [0.5, 0.6) is 0 Å². The van der Waals surface area contributed by atoms with Crippen molar-refractivity contribution in [3.63, 3.8) is 0 Å². The standard InChI is InChI=1S/C18H25ClN2O3/c1-2-24-16-5-4-12-21(13-16)17(22)6-3-11-20-18(23)14-7-9-15(19)10-8-14/h7-10,16H,2-6,11-13H2,1H3,(H,20,23). The van der Waals surface area contributed by atoms with Gasteiger partial charge in [-0.1, -0.05) is 11.6 Å². The lowest BCUT2D eigenvalue weighted by Crippen LogP contribution is -2.43. The molecule has 1 aliphatic rings. The fourth-order valence-corrected chi connectivity index (χ4v) is 2.97. The van der Waals surface area contributed by atoms with Crippen molar-refractivity contribution in [2.24, 2.45) is 0 Å². The lowest BCUT2D eigenvalue weighted by atomic mass is 10.1. The van der Waals surface area contributed by atoms with Crippen LogP contribution < -0.4 is 5.32 Å². The van der Waals surface area contributed by atoms with Crippen LogP contribution in [0.1, 0.15) is 43.0 Å². The van der Waals surface area contributed by atoms with Crippen LogP contribution >= 0.6 is 11.6 Å². The summed E-state index contributed by atoms with van der Waals surface area (Å²) in [4.78, 5) is 26.1. The molecule has 1 heterocycles. The van der Waals surface area contributed by atoms with E-state index in [1.54, 1.807) is 24.3 Å². The molecule has 1 aromatic carbocycles. The third-order valence-corrected chi connectivity index (χ3v) is 4.34. The Labute approximate surface area is 148 Å². The van der Waals surface area contributed by atoms with Gasteiger partial charge < -0.3 is 15.0 Å². The van der Waals surface area contributed by atoms with Gasteiger partial charge in [-0.25, -0.2) is 0 Å². The summed E-state index contributed by atoms with van der Waals surface area (Å²) in [5.74, 6) is -0.00589. The quantitative estimate of drug-likeness (QED) is 0.768. The van der Waals surface area contributed by atoms with Gasteiger partial charge in [-0.15, -0.1) is 0 Å². The van der Waals surface area contributed by atoms with Gasteiger partial charge in [-0.05, 0) is 50.5 Å². The van der Waals surface area contributed by atoms with E-state index in [-0.39, 0.29) is 17.9 Å². The molecule has 2 amide bonds. The molecular formula is C18H25ClN2O3. The van der Waals surface area contributed by atoms with Gasteiger partial charge in [0.25, 0.3) is 5.91 Å². The van der Waals surface area contributed by atoms with Crippen LogP contribution in [0.25, 0.3) is 0 Å². The number of nitrogens with zero attached hydrogens (tertiary/aromatic N) is 1. The molecule has 132 valence electrons. The zero-order valence-electron chi connectivity index (χ0n) is 14.1. The highest BCUT2D eigenvalue weighted by Gasteiger charge is 2.23. The summed E-state index contributed by atoms with van der Waals surface area (Å²) >= 11 is 5.80. The number of hydrogen-bond acceptors (Lipinski definition) is 3. The Morgan fingerprint density at radius 3 is 2.79 bits per heavy atom. The Morgan fingerprint density at radius 1 is 1.33 bits per heavy atom. The summed E-state index contributed by atoms with van der Waals surface area (Å²) in [5.41, 5.74) is 0.571. The summed E-state index contributed by atoms with van der Waals surface area (Å²) in [7, 11) is 0. The number of rotatable bonds is 7. The molecule has 1 saturated heterocycles. The number of carbonyl (C=O) groups excluding carboxylic acids is 2. The monoisotopic (exact) mass is 352 g/mol. The molecule has 2 rings (SSSR count). The lowest BCUT2D eigenvalue weighted by molar-refractivity contribution is -0.135. The second-order valence-corrected chi connectivity index (χ2v) is 6.36. The number of piperidine rings is 1. The van der Waals surface area contributed by atoms with Crippen LogP contribution in [0.2, 0.25) is 5.02 Å². The van der Waals surface area contributed by atoms with Gasteiger partial charge >= 0.3 is 0 Å². The van der Waals surface area contributed by atoms with Gasteiger partial charge in [0.1, 0.15) is 0 Å². The fraction of sp³-hybridized carbons (Fsp3) is 0.556. The third kappa shape index (κ3) is 5.80. The van der Waals surface area contributed by atoms with Crippen LogP contribution in [-0.4, -0.2) is 49.1 Å².